The predicted molar refractivity (Wildman–Crippen MR) is 89.1 cm³/mol. The van der Waals surface area contributed by atoms with E-state index in [9.17, 15) is 0 Å². The zero-order valence-corrected chi connectivity index (χ0v) is 14.2. The van der Waals surface area contributed by atoms with Crippen molar-refractivity contribution in [3.05, 3.63) is 50.4 Å². The summed E-state index contributed by atoms with van der Waals surface area (Å²) in [6, 6.07) is 8.39. The second-order valence-electron chi connectivity index (χ2n) is 5.25. The van der Waals surface area contributed by atoms with Gasteiger partial charge in [0.2, 0.25) is 0 Å². The van der Waals surface area contributed by atoms with Crippen LogP contribution in [-0.2, 0) is 24.3 Å². The van der Waals surface area contributed by atoms with E-state index in [0.29, 0.717) is 12.6 Å². The minimum Gasteiger partial charge on any atom is -0.378 e. The minimum atomic E-state index is 0.460. The number of nitrogens with zero attached hydrogens (tertiary/aromatic N) is 1. The number of benzene rings is 1. The first kappa shape index (κ1) is 16.4. The molecule has 0 aliphatic heterocycles. The molecule has 0 aliphatic carbocycles. The molecule has 0 bridgehead atoms. The van der Waals surface area contributed by atoms with Crippen LogP contribution in [0.3, 0.4) is 0 Å². The van der Waals surface area contributed by atoms with Crippen LogP contribution in [0.25, 0.3) is 0 Å². The van der Waals surface area contributed by atoms with E-state index >= 15 is 0 Å². The van der Waals surface area contributed by atoms with E-state index in [0.717, 1.165) is 28.7 Å². The van der Waals surface area contributed by atoms with Crippen molar-refractivity contribution >= 4 is 22.9 Å². The smallest absolute Gasteiger partial charge is 0.0976 e. The van der Waals surface area contributed by atoms with E-state index in [-0.39, 0.29) is 0 Å². The van der Waals surface area contributed by atoms with E-state index in [1.54, 1.807) is 18.4 Å². The number of halogens is 1. The molecule has 0 atom stereocenters. The van der Waals surface area contributed by atoms with E-state index in [2.05, 4.69) is 19.2 Å². The maximum atomic E-state index is 5.92. The lowest BCUT2D eigenvalue weighted by atomic mass is 10.2. The average molecular weight is 325 g/mol. The van der Waals surface area contributed by atoms with E-state index in [1.807, 2.05) is 24.3 Å². The Bertz CT molecular complexity index is 566. The van der Waals surface area contributed by atoms with Crippen LogP contribution in [0.2, 0.25) is 5.02 Å². The highest BCUT2D eigenvalue weighted by atomic mass is 35.5. The SMILES string of the molecule is COCc1nc(Cc2ccc(Cl)cc2)sc1CNC(C)C. The third kappa shape index (κ3) is 5.08. The highest BCUT2D eigenvalue weighted by molar-refractivity contribution is 7.11. The molecule has 114 valence electrons. The molecule has 0 saturated heterocycles. The van der Waals surface area contributed by atoms with Crippen molar-refractivity contribution in [1.29, 1.82) is 0 Å². The molecule has 1 N–H and O–H groups in total. The van der Waals surface area contributed by atoms with Gasteiger partial charge in [0.1, 0.15) is 0 Å². The van der Waals surface area contributed by atoms with Gasteiger partial charge in [-0.25, -0.2) is 4.98 Å². The summed E-state index contributed by atoms with van der Waals surface area (Å²) in [7, 11) is 1.71. The molecule has 0 aliphatic rings. The molecule has 0 radical (unpaired) electrons. The Labute approximate surface area is 135 Å². The Balaban J connectivity index is 2.12. The lowest BCUT2D eigenvalue weighted by Crippen LogP contribution is -2.21. The van der Waals surface area contributed by atoms with Crippen LogP contribution >= 0.6 is 22.9 Å². The van der Waals surface area contributed by atoms with Crippen molar-refractivity contribution in [3.8, 4) is 0 Å². The fourth-order valence-corrected chi connectivity index (χ4v) is 3.16. The molecule has 1 aromatic carbocycles. The van der Waals surface area contributed by atoms with Gasteiger partial charge in [0, 0.05) is 36.0 Å². The standard InChI is InChI=1S/C16H21ClN2OS/c1-11(2)18-9-15-14(10-20-3)19-16(21-15)8-12-4-6-13(17)7-5-12/h4-7,11,18H,8-10H2,1-3H3. The van der Waals surface area contributed by atoms with Gasteiger partial charge in [-0.05, 0) is 17.7 Å². The van der Waals surface area contributed by atoms with Crippen LogP contribution in [0.4, 0.5) is 0 Å². The Kier molecular flexibility index (Phi) is 6.18. The first-order valence-electron chi connectivity index (χ1n) is 7.02. The first-order chi connectivity index (χ1) is 10.1. The number of rotatable bonds is 7. The summed E-state index contributed by atoms with van der Waals surface area (Å²) >= 11 is 7.67. The normalized spacial score (nSPS) is 11.3. The minimum absolute atomic E-state index is 0.460. The second-order valence-corrected chi connectivity index (χ2v) is 6.85. The second kappa shape index (κ2) is 7.90. The third-order valence-corrected chi connectivity index (χ3v) is 4.39. The van der Waals surface area contributed by atoms with Gasteiger partial charge in [-0.2, -0.15) is 0 Å². The first-order valence-corrected chi connectivity index (χ1v) is 8.22. The number of hydrogen-bond donors (Lipinski definition) is 1. The number of aromatic nitrogens is 1. The predicted octanol–water partition coefficient (Wildman–Crippen LogP) is 4.03. The van der Waals surface area contributed by atoms with Gasteiger partial charge in [-0.15, -0.1) is 11.3 Å². The molecule has 0 unspecified atom stereocenters. The number of ether oxygens (including phenoxy) is 1. The zero-order chi connectivity index (χ0) is 15.2. The van der Waals surface area contributed by atoms with E-state index < -0.39 is 0 Å². The molecule has 2 rings (SSSR count). The Morgan fingerprint density at radius 3 is 2.62 bits per heavy atom. The topological polar surface area (TPSA) is 34.1 Å². The third-order valence-electron chi connectivity index (χ3n) is 3.04. The van der Waals surface area contributed by atoms with Gasteiger partial charge in [0.05, 0.1) is 17.3 Å². The maximum Gasteiger partial charge on any atom is 0.0976 e. The summed E-state index contributed by atoms with van der Waals surface area (Å²) in [5.74, 6) is 0. The van der Waals surface area contributed by atoms with Crippen LogP contribution in [0.1, 0.15) is 35.0 Å². The Morgan fingerprint density at radius 2 is 2.00 bits per heavy atom. The zero-order valence-electron chi connectivity index (χ0n) is 12.6. The Hall–Kier alpha value is -0.940. The van der Waals surface area contributed by atoms with Crippen molar-refractivity contribution in [2.75, 3.05) is 7.11 Å². The lowest BCUT2D eigenvalue weighted by molar-refractivity contribution is 0.181. The molecule has 21 heavy (non-hydrogen) atoms. The summed E-state index contributed by atoms with van der Waals surface area (Å²) < 4.78 is 5.25. The van der Waals surface area contributed by atoms with Crippen molar-refractivity contribution < 1.29 is 4.74 Å². The number of methoxy groups -OCH3 is 1. The summed E-state index contributed by atoms with van der Waals surface area (Å²) in [6.07, 6.45) is 0.834. The van der Waals surface area contributed by atoms with Gasteiger partial charge in [0.25, 0.3) is 0 Å². The van der Waals surface area contributed by atoms with Crippen LogP contribution < -0.4 is 5.32 Å². The molecule has 0 spiro atoms. The van der Waals surface area contributed by atoms with Gasteiger partial charge in [-0.1, -0.05) is 37.6 Å². The van der Waals surface area contributed by atoms with Gasteiger partial charge in [0.15, 0.2) is 0 Å². The lowest BCUT2D eigenvalue weighted by Gasteiger charge is -2.07. The van der Waals surface area contributed by atoms with Gasteiger partial charge < -0.3 is 10.1 Å². The monoisotopic (exact) mass is 324 g/mol. The molecular formula is C16H21ClN2OS. The fraction of sp³-hybridized carbons (Fsp3) is 0.438. The Morgan fingerprint density at radius 1 is 1.29 bits per heavy atom. The van der Waals surface area contributed by atoms with Crippen LogP contribution in [0.15, 0.2) is 24.3 Å². The molecular weight excluding hydrogens is 304 g/mol. The maximum absolute atomic E-state index is 5.92. The van der Waals surface area contributed by atoms with Gasteiger partial charge >= 0.3 is 0 Å². The molecule has 2 aromatic rings. The van der Waals surface area contributed by atoms with Crippen LogP contribution in [0.5, 0.6) is 0 Å². The highest BCUT2D eigenvalue weighted by Gasteiger charge is 2.12. The fourth-order valence-electron chi connectivity index (χ4n) is 1.97. The number of hydrogen-bond acceptors (Lipinski definition) is 4. The molecule has 0 saturated carbocycles. The average Bonchev–Trinajstić information content (AvgIpc) is 2.81. The largest absolute Gasteiger partial charge is 0.378 e. The number of nitrogens with one attached hydrogen (secondary N) is 1. The van der Waals surface area contributed by atoms with E-state index in [1.165, 1.54) is 10.4 Å². The van der Waals surface area contributed by atoms with Crippen LogP contribution in [0, 0.1) is 0 Å². The summed E-state index contributed by atoms with van der Waals surface area (Å²) in [4.78, 5) is 5.97. The van der Waals surface area contributed by atoms with Crippen LogP contribution in [-0.4, -0.2) is 18.1 Å². The van der Waals surface area contributed by atoms with Crippen molar-refractivity contribution in [2.45, 2.75) is 39.5 Å². The summed E-state index contributed by atoms with van der Waals surface area (Å²) in [5.41, 5.74) is 2.26. The quantitative estimate of drug-likeness (QED) is 0.835. The van der Waals surface area contributed by atoms with Crippen molar-refractivity contribution in [2.24, 2.45) is 0 Å². The molecule has 0 fully saturated rings. The number of thiazole rings is 1. The highest BCUT2D eigenvalue weighted by Crippen LogP contribution is 2.23. The summed E-state index contributed by atoms with van der Waals surface area (Å²) in [5, 5.41) is 5.32. The van der Waals surface area contributed by atoms with E-state index in [4.69, 9.17) is 21.3 Å². The molecule has 5 heteroatoms. The van der Waals surface area contributed by atoms with Gasteiger partial charge in [-0.3, -0.25) is 0 Å². The van der Waals surface area contributed by atoms with Crippen molar-refractivity contribution in [3.63, 3.8) is 0 Å². The van der Waals surface area contributed by atoms with Crippen molar-refractivity contribution in [1.82, 2.24) is 10.3 Å². The summed E-state index contributed by atoms with van der Waals surface area (Å²) in [6.45, 7) is 5.69. The molecule has 1 aromatic heterocycles. The molecule has 1 heterocycles. The molecule has 3 nitrogen and oxygen atoms in total. The molecule has 0 amide bonds.